The number of carbonyl (C=O) groups is 1. The fourth-order valence-electron chi connectivity index (χ4n) is 2.99. The van der Waals surface area contributed by atoms with Crippen LogP contribution in [-0.4, -0.2) is 33.8 Å². The lowest BCUT2D eigenvalue weighted by molar-refractivity contribution is -0.124. The van der Waals surface area contributed by atoms with E-state index in [9.17, 15) is 4.79 Å². The van der Waals surface area contributed by atoms with Gasteiger partial charge in [0.1, 0.15) is 0 Å². The molecule has 0 spiro atoms. The molecule has 122 valence electrons. The van der Waals surface area contributed by atoms with Crippen molar-refractivity contribution in [2.75, 3.05) is 33.2 Å². The Labute approximate surface area is 130 Å². The van der Waals surface area contributed by atoms with Crippen LogP contribution in [0, 0.1) is 5.41 Å². The summed E-state index contributed by atoms with van der Waals surface area (Å²) in [6.45, 7) is 0.364. The second kappa shape index (κ2) is 6.87. The third kappa shape index (κ3) is 2.97. The third-order valence-corrected chi connectivity index (χ3v) is 4.36. The van der Waals surface area contributed by atoms with E-state index in [4.69, 9.17) is 19.9 Å². The van der Waals surface area contributed by atoms with Crippen molar-refractivity contribution in [2.24, 2.45) is 11.1 Å². The van der Waals surface area contributed by atoms with E-state index in [2.05, 4.69) is 5.32 Å². The van der Waals surface area contributed by atoms with Gasteiger partial charge in [-0.3, -0.25) is 4.79 Å². The largest absolute Gasteiger partial charge is 0.493 e. The molecule has 0 aromatic heterocycles. The number of methoxy groups -OCH3 is 3. The number of amides is 1. The van der Waals surface area contributed by atoms with Gasteiger partial charge >= 0.3 is 0 Å². The first-order chi connectivity index (χ1) is 10.6. The summed E-state index contributed by atoms with van der Waals surface area (Å²) < 4.78 is 15.9. The molecule has 1 aliphatic rings. The Hall–Kier alpha value is -1.95. The molecule has 1 aliphatic carbocycles. The molecule has 0 unspecified atom stereocenters. The predicted molar refractivity (Wildman–Crippen MR) is 84.7 cm³/mol. The van der Waals surface area contributed by atoms with Gasteiger partial charge in [0.25, 0.3) is 0 Å². The highest BCUT2D eigenvalue weighted by Crippen LogP contribution is 2.42. The molecule has 0 atom stereocenters. The molecule has 6 nitrogen and oxygen atoms in total. The van der Waals surface area contributed by atoms with Crippen LogP contribution in [0.15, 0.2) is 12.1 Å². The fraction of sp³-hybridized carbons (Fsp3) is 0.562. The van der Waals surface area contributed by atoms with Gasteiger partial charge in [-0.05, 0) is 12.8 Å². The summed E-state index contributed by atoms with van der Waals surface area (Å²) in [7, 11) is 4.63. The van der Waals surface area contributed by atoms with Gasteiger partial charge in [0.15, 0.2) is 11.5 Å². The number of rotatable bonds is 6. The van der Waals surface area contributed by atoms with Gasteiger partial charge in [0.2, 0.25) is 11.7 Å². The molecule has 22 heavy (non-hydrogen) atoms. The molecule has 0 saturated heterocycles. The molecule has 0 radical (unpaired) electrons. The maximum atomic E-state index is 12.6. The van der Waals surface area contributed by atoms with Crippen molar-refractivity contribution < 1.29 is 19.0 Å². The molecular formula is C16H24N2O4. The Morgan fingerprint density at radius 1 is 1.14 bits per heavy atom. The van der Waals surface area contributed by atoms with Crippen LogP contribution in [0.1, 0.15) is 25.7 Å². The van der Waals surface area contributed by atoms with E-state index in [0.717, 1.165) is 25.7 Å². The molecule has 1 amide bonds. The van der Waals surface area contributed by atoms with Crippen molar-refractivity contribution in [2.45, 2.75) is 25.7 Å². The number of benzene rings is 1. The second-order valence-corrected chi connectivity index (χ2v) is 5.56. The lowest BCUT2D eigenvalue weighted by Gasteiger charge is -2.26. The van der Waals surface area contributed by atoms with Crippen LogP contribution in [0.2, 0.25) is 0 Å². The Bertz CT molecular complexity index is 514. The van der Waals surface area contributed by atoms with Crippen molar-refractivity contribution in [1.29, 1.82) is 0 Å². The van der Waals surface area contributed by atoms with E-state index in [1.54, 1.807) is 33.5 Å². The summed E-state index contributed by atoms with van der Waals surface area (Å²) in [5, 5.41) is 2.94. The normalized spacial score (nSPS) is 16.2. The number of anilines is 1. The van der Waals surface area contributed by atoms with Crippen molar-refractivity contribution in [3.8, 4) is 17.2 Å². The van der Waals surface area contributed by atoms with Gasteiger partial charge in [-0.15, -0.1) is 0 Å². The molecule has 1 aromatic carbocycles. The molecular weight excluding hydrogens is 284 g/mol. The Balaban J connectivity index is 2.27. The topological polar surface area (TPSA) is 82.8 Å². The van der Waals surface area contributed by atoms with E-state index < -0.39 is 5.41 Å². The van der Waals surface area contributed by atoms with Crippen LogP contribution in [0.25, 0.3) is 0 Å². The van der Waals surface area contributed by atoms with E-state index >= 15 is 0 Å². The zero-order valence-electron chi connectivity index (χ0n) is 13.4. The molecule has 0 aliphatic heterocycles. The minimum atomic E-state index is -0.458. The van der Waals surface area contributed by atoms with Crippen LogP contribution < -0.4 is 25.3 Å². The molecule has 1 fully saturated rings. The highest BCUT2D eigenvalue weighted by atomic mass is 16.5. The van der Waals surface area contributed by atoms with E-state index in [1.165, 1.54) is 0 Å². The van der Waals surface area contributed by atoms with Crippen LogP contribution in [0.4, 0.5) is 5.69 Å². The first-order valence-electron chi connectivity index (χ1n) is 7.41. The fourth-order valence-corrected chi connectivity index (χ4v) is 2.99. The van der Waals surface area contributed by atoms with Gasteiger partial charge in [0.05, 0.1) is 26.7 Å². The van der Waals surface area contributed by atoms with Gasteiger partial charge in [0, 0.05) is 24.4 Å². The van der Waals surface area contributed by atoms with Gasteiger partial charge < -0.3 is 25.3 Å². The maximum absolute atomic E-state index is 12.6. The minimum Gasteiger partial charge on any atom is -0.493 e. The SMILES string of the molecule is COc1cc(NC(=O)C2(CN)CCCC2)cc(OC)c1OC. The van der Waals surface area contributed by atoms with Gasteiger partial charge in [-0.2, -0.15) is 0 Å². The standard InChI is InChI=1S/C16H24N2O4/c1-20-12-8-11(9-13(21-2)14(12)22-3)18-15(19)16(10-17)6-4-5-7-16/h8-9H,4-7,10,17H2,1-3H3,(H,18,19). The van der Waals surface area contributed by atoms with Crippen molar-refractivity contribution in [1.82, 2.24) is 0 Å². The molecule has 2 rings (SSSR count). The lowest BCUT2D eigenvalue weighted by Crippen LogP contribution is -2.40. The van der Waals surface area contributed by atoms with Gasteiger partial charge in [-0.25, -0.2) is 0 Å². The molecule has 1 aromatic rings. The quantitative estimate of drug-likeness (QED) is 0.841. The zero-order chi connectivity index (χ0) is 16.2. The summed E-state index contributed by atoms with van der Waals surface area (Å²) >= 11 is 0. The number of carbonyl (C=O) groups excluding carboxylic acids is 1. The van der Waals surface area contributed by atoms with Gasteiger partial charge in [-0.1, -0.05) is 12.8 Å². The van der Waals surface area contributed by atoms with Crippen molar-refractivity contribution in [3.05, 3.63) is 12.1 Å². The Morgan fingerprint density at radius 3 is 2.09 bits per heavy atom. The summed E-state index contributed by atoms with van der Waals surface area (Å²) in [5.74, 6) is 1.47. The number of nitrogens with one attached hydrogen (secondary N) is 1. The molecule has 1 saturated carbocycles. The van der Waals surface area contributed by atoms with E-state index in [1.807, 2.05) is 0 Å². The zero-order valence-corrected chi connectivity index (χ0v) is 13.4. The van der Waals surface area contributed by atoms with E-state index in [0.29, 0.717) is 29.5 Å². The average molecular weight is 308 g/mol. The third-order valence-electron chi connectivity index (χ3n) is 4.36. The number of hydrogen-bond donors (Lipinski definition) is 2. The minimum absolute atomic E-state index is 0.0400. The van der Waals surface area contributed by atoms with Crippen LogP contribution in [0.5, 0.6) is 17.2 Å². The number of nitrogens with two attached hydrogens (primary N) is 1. The number of ether oxygens (including phenoxy) is 3. The summed E-state index contributed by atoms with van der Waals surface area (Å²) in [5.41, 5.74) is 6.00. The molecule has 0 heterocycles. The molecule has 6 heteroatoms. The summed E-state index contributed by atoms with van der Waals surface area (Å²) in [4.78, 5) is 12.6. The maximum Gasteiger partial charge on any atom is 0.231 e. The second-order valence-electron chi connectivity index (χ2n) is 5.56. The lowest BCUT2D eigenvalue weighted by atomic mass is 9.85. The first kappa shape index (κ1) is 16.4. The molecule has 0 bridgehead atoms. The number of hydrogen-bond acceptors (Lipinski definition) is 5. The smallest absolute Gasteiger partial charge is 0.231 e. The van der Waals surface area contributed by atoms with Crippen molar-refractivity contribution in [3.63, 3.8) is 0 Å². The highest BCUT2D eigenvalue weighted by molar-refractivity contribution is 5.96. The Morgan fingerprint density at radius 2 is 1.68 bits per heavy atom. The first-order valence-corrected chi connectivity index (χ1v) is 7.41. The van der Waals surface area contributed by atoms with Crippen LogP contribution >= 0.6 is 0 Å². The summed E-state index contributed by atoms with van der Waals surface area (Å²) in [6.07, 6.45) is 3.75. The van der Waals surface area contributed by atoms with Crippen LogP contribution in [0.3, 0.4) is 0 Å². The van der Waals surface area contributed by atoms with E-state index in [-0.39, 0.29) is 5.91 Å². The molecule has 3 N–H and O–H groups in total. The van der Waals surface area contributed by atoms with Crippen molar-refractivity contribution >= 4 is 11.6 Å². The highest BCUT2D eigenvalue weighted by Gasteiger charge is 2.39. The predicted octanol–water partition coefficient (Wildman–Crippen LogP) is 2.17. The van der Waals surface area contributed by atoms with Crippen LogP contribution in [-0.2, 0) is 4.79 Å². The Kier molecular flexibility index (Phi) is 5.13. The monoisotopic (exact) mass is 308 g/mol. The summed E-state index contributed by atoms with van der Waals surface area (Å²) in [6, 6.07) is 3.44. The average Bonchev–Trinajstić information content (AvgIpc) is 3.04.